The van der Waals surface area contributed by atoms with Gasteiger partial charge >= 0.3 is 5.97 Å². The van der Waals surface area contributed by atoms with E-state index in [1.54, 1.807) is 17.6 Å². The second-order valence-corrected chi connectivity index (χ2v) is 4.75. The van der Waals surface area contributed by atoms with Crippen molar-refractivity contribution < 1.29 is 14.3 Å². The smallest absolute Gasteiger partial charge is 0.343 e. The molecule has 0 aromatic carbocycles. The van der Waals surface area contributed by atoms with Gasteiger partial charge in [0.15, 0.2) is 0 Å². The maximum atomic E-state index is 12.6. The fraction of sp³-hybridized carbons (Fsp3) is 0.438. The molecule has 2 rings (SSSR count). The van der Waals surface area contributed by atoms with Gasteiger partial charge in [0.25, 0.3) is 0 Å². The molecular formula is C16H20N2O4. The van der Waals surface area contributed by atoms with Crippen LogP contribution in [0.5, 0.6) is 5.75 Å². The third-order valence-electron chi connectivity index (χ3n) is 3.33. The maximum absolute atomic E-state index is 12.6. The quantitative estimate of drug-likeness (QED) is 0.793. The number of carbonyl (C=O) groups excluding carboxylic acids is 1. The molecule has 0 aliphatic rings. The van der Waals surface area contributed by atoms with Gasteiger partial charge in [0, 0.05) is 12.7 Å². The number of esters is 1. The van der Waals surface area contributed by atoms with Crippen LogP contribution in [0, 0.1) is 6.92 Å². The van der Waals surface area contributed by atoms with Gasteiger partial charge in [-0.2, -0.15) is 0 Å². The normalized spacial score (nSPS) is 10.7. The summed E-state index contributed by atoms with van der Waals surface area (Å²) in [6.07, 6.45) is 1.51. The standard InChI is InChI=1S/C16H20N2O4/c1-5-18-9-12(16(20)22-7-3)14(19)11-8-13(21-6-2)10(4)17-15(11)18/h8-9H,5-7H2,1-4H3. The first kappa shape index (κ1) is 16.0. The van der Waals surface area contributed by atoms with Crippen LogP contribution >= 0.6 is 0 Å². The average Bonchev–Trinajstić information content (AvgIpc) is 2.49. The highest BCUT2D eigenvalue weighted by Crippen LogP contribution is 2.21. The minimum Gasteiger partial charge on any atom is -0.492 e. The Morgan fingerprint density at radius 1 is 1.27 bits per heavy atom. The summed E-state index contributed by atoms with van der Waals surface area (Å²) in [7, 11) is 0. The van der Waals surface area contributed by atoms with Crippen molar-refractivity contribution in [1.82, 2.24) is 9.55 Å². The number of aryl methyl sites for hydroxylation is 2. The van der Waals surface area contributed by atoms with Crippen LogP contribution in [0.4, 0.5) is 0 Å². The Hall–Kier alpha value is -2.37. The number of aromatic nitrogens is 2. The van der Waals surface area contributed by atoms with Crippen molar-refractivity contribution in [3.63, 3.8) is 0 Å². The van der Waals surface area contributed by atoms with E-state index in [0.717, 1.165) is 0 Å². The minimum atomic E-state index is -0.616. The van der Waals surface area contributed by atoms with Crippen LogP contribution in [0.2, 0.25) is 0 Å². The highest BCUT2D eigenvalue weighted by molar-refractivity contribution is 5.93. The van der Waals surface area contributed by atoms with Crippen molar-refractivity contribution in [1.29, 1.82) is 0 Å². The molecular weight excluding hydrogens is 284 g/mol. The van der Waals surface area contributed by atoms with Gasteiger partial charge in [-0.1, -0.05) is 0 Å². The molecule has 6 nitrogen and oxygen atoms in total. The Balaban J connectivity index is 2.76. The number of hydrogen-bond acceptors (Lipinski definition) is 5. The lowest BCUT2D eigenvalue weighted by atomic mass is 10.1. The Labute approximate surface area is 128 Å². The van der Waals surface area contributed by atoms with Gasteiger partial charge in [-0.25, -0.2) is 9.78 Å². The lowest BCUT2D eigenvalue weighted by molar-refractivity contribution is 0.0524. The maximum Gasteiger partial charge on any atom is 0.343 e. The van der Waals surface area contributed by atoms with Gasteiger partial charge in [-0.3, -0.25) is 4.79 Å². The van der Waals surface area contributed by atoms with Crippen LogP contribution in [0.25, 0.3) is 11.0 Å². The van der Waals surface area contributed by atoms with Crippen molar-refractivity contribution in [3.05, 3.63) is 33.7 Å². The number of fused-ring (bicyclic) bond motifs is 1. The fourth-order valence-corrected chi connectivity index (χ4v) is 2.28. The van der Waals surface area contributed by atoms with E-state index in [1.165, 1.54) is 6.20 Å². The van der Waals surface area contributed by atoms with Crippen molar-refractivity contribution >= 4 is 17.0 Å². The zero-order valence-electron chi connectivity index (χ0n) is 13.3. The number of rotatable bonds is 5. The Morgan fingerprint density at radius 2 is 2.00 bits per heavy atom. The summed E-state index contributed by atoms with van der Waals surface area (Å²) in [4.78, 5) is 29.0. The SMILES string of the molecule is CCOC(=O)c1cn(CC)c2nc(C)c(OCC)cc2c1=O. The molecule has 0 aliphatic carbocycles. The molecule has 2 aromatic rings. The molecule has 0 unspecified atom stereocenters. The van der Waals surface area contributed by atoms with Crippen LogP contribution < -0.4 is 10.2 Å². The summed E-state index contributed by atoms with van der Waals surface area (Å²) < 4.78 is 12.2. The summed E-state index contributed by atoms with van der Waals surface area (Å²) in [5.41, 5.74) is 0.886. The van der Waals surface area contributed by atoms with Crippen LogP contribution in [0.3, 0.4) is 0 Å². The molecule has 2 heterocycles. The molecule has 0 atom stereocenters. The van der Waals surface area contributed by atoms with Gasteiger partial charge in [0.2, 0.25) is 5.43 Å². The van der Waals surface area contributed by atoms with Crippen LogP contribution in [0.15, 0.2) is 17.1 Å². The third-order valence-corrected chi connectivity index (χ3v) is 3.33. The van der Waals surface area contributed by atoms with E-state index < -0.39 is 5.97 Å². The molecule has 0 spiro atoms. The molecule has 0 N–H and O–H groups in total. The molecule has 22 heavy (non-hydrogen) atoms. The lowest BCUT2D eigenvalue weighted by Crippen LogP contribution is -2.21. The van der Waals surface area contributed by atoms with Gasteiger partial charge in [-0.05, 0) is 33.8 Å². The molecule has 118 valence electrons. The summed E-state index contributed by atoms with van der Waals surface area (Å²) in [6, 6.07) is 1.65. The number of pyridine rings is 2. The molecule has 6 heteroatoms. The number of nitrogens with zero attached hydrogens (tertiary/aromatic N) is 2. The van der Waals surface area contributed by atoms with Crippen LogP contribution in [-0.4, -0.2) is 28.7 Å². The minimum absolute atomic E-state index is 0.0179. The van der Waals surface area contributed by atoms with E-state index in [2.05, 4.69) is 4.98 Å². The van der Waals surface area contributed by atoms with Gasteiger partial charge in [0.05, 0.1) is 24.3 Å². The highest BCUT2D eigenvalue weighted by Gasteiger charge is 2.18. The van der Waals surface area contributed by atoms with E-state index in [0.29, 0.717) is 35.6 Å². The molecule has 0 fully saturated rings. The summed E-state index contributed by atoms with van der Waals surface area (Å²) in [5, 5.41) is 0.362. The van der Waals surface area contributed by atoms with Crippen molar-refractivity contribution in [2.75, 3.05) is 13.2 Å². The lowest BCUT2D eigenvalue weighted by Gasteiger charge is -2.13. The second-order valence-electron chi connectivity index (χ2n) is 4.75. The van der Waals surface area contributed by atoms with E-state index in [4.69, 9.17) is 9.47 Å². The van der Waals surface area contributed by atoms with Gasteiger partial charge in [-0.15, -0.1) is 0 Å². The molecule has 2 aromatic heterocycles. The fourth-order valence-electron chi connectivity index (χ4n) is 2.28. The van der Waals surface area contributed by atoms with Crippen molar-refractivity contribution in [2.45, 2.75) is 34.2 Å². The zero-order valence-corrected chi connectivity index (χ0v) is 13.3. The van der Waals surface area contributed by atoms with E-state index >= 15 is 0 Å². The highest BCUT2D eigenvalue weighted by atomic mass is 16.5. The van der Waals surface area contributed by atoms with Crippen molar-refractivity contribution in [2.24, 2.45) is 0 Å². The molecule has 0 saturated heterocycles. The summed E-state index contributed by atoms with van der Waals surface area (Å²) in [6.45, 7) is 8.61. The zero-order chi connectivity index (χ0) is 16.3. The molecule has 0 amide bonds. The van der Waals surface area contributed by atoms with E-state index in [9.17, 15) is 9.59 Å². The average molecular weight is 304 g/mol. The van der Waals surface area contributed by atoms with Crippen LogP contribution in [0.1, 0.15) is 36.8 Å². The molecule has 0 aliphatic heterocycles. The first-order valence-electron chi connectivity index (χ1n) is 7.38. The summed E-state index contributed by atoms with van der Waals surface area (Å²) in [5.74, 6) is -0.0640. The predicted molar refractivity (Wildman–Crippen MR) is 83.5 cm³/mol. The van der Waals surface area contributed by atoms with Gasteiger partial charge < -0.3 is 14.0 Å². The monoisotopic (exact) mass is 304 g/mol. The topological polar surface area (TPSA) is 70.4 Å². The van der Waals surface area contributed by atoms with E-state index in [-0.39, 0.29) is 17.6 Å². The number of carbonyl (C=O) groups is 1. The number of hydrogen-bond donors (Lipinski definition) is 0. The first-order chi connectivity index (χ1) is 10.5. The summed E-state index contributed by atoms with van der Waals surface area (Å²) >= 11 is 0. The largest absolute Gasteiger partial charge is 0.492 e. The van der Waals surface area contributed by atoms with Gasteiger partial charge in [0.1, 0.15) is 17.0 Å². The predicted octanol–water partition coefficient (Wildman–Crippen LogP) is 2.30. The molecule has 0 radical (unpaired) electrons. The van der Waals surface area contributed by atoms with Crippen LogP contribution in [-0.2, 0) is 11.3 Å². The Kier molecular flexibility index (Phi) is 4.80. The second kappa shape index (κ2) is 6.60. The molecule has 0 saturated carbocycles. The Morgan fingerprint density at radius 3 is 2.59 bits per heavy atom. The molecule has 0 bridgehead atoms. The van der Waals surface area contributed by atoms with E-state index in [1.807, 2.05) is 20.8 Å². The van der Waals surface area contributed by atoms with Crippen molar-refractivity contribution in [3.8, 4) is 5.75 Å². The third kappa shape index (κ3) is 2.81. The number of ether oxygens (including phenoxy) is 2. The Bertz CT molecular complexity index is 765. The first-order valence-corrected chi connectivity index (χ1v) is 7.38.